The van der Waals surface area contributed by atoms with Gasteiger partial charge in [0.25, 0.3) is 5.91 Å². The molecule has 2 aliphatic heterocycles. The maximum Gasteiger partial charge on any atom is 0.332 e. The van der Waals surface area contributed by atoms with Gasteiger partial charge in [-0.1, -0.05) is 6.07 Å². The van der Waals surface area contributed by atoms with Gasteiger partial charge in [0.2, 0.25) is 0 Å². The van der Waals surface area contributed by atoms with Crippen molar-refractivity contribution in [2.45, 2.75) is 23.8 Å². The lowest BCUT2D eigenvalue weighted by Gasteiger charge is -2.27. The summed E-state index contributed by atoms with van der Waals surface area (Å²) in [5, 5.41) is 0. The van der Waals surface area contributed by atoms with E-state index in [1.807, 2.05) is 18.2 Å². The predicted molar refractivity (Wildman–Crippen MR) is 95.2 cm³/mol. The molecule has 142 valence electrons. The van der Waals surface area contributed by atoms with Gasteiger partial charge in [-0.15, -0.1) is 3.89 Å². The van der Waals surface area contributed by atoms with Crippen molar-refractivity contribution < 1.29 is 26.6 Å². The molecule has 1 fully saturated rings. The predicted octanol–water partition coefficient (Wildman–Crippen LogP) is 3.09. The summed E-state index contributed by atoms with van der Waals surface area (Å²) in [6.45, 7) is 1.61. The first kappa shape index (κ1) is 17.8. The van der Waals surface area contributed by atoms with Gasteiger partial charge >= 0.3 is 10.2 Å². The number of hydrogen-bond donors (Lipinski definition) is 0. The van der Waals surface area contributed by atoms with Gasteiger partial charge in [-0.2, -0.15) is 8.42 Å². The highest BCUT2D eigenvalue weighted by Gasteiger charge is 2.31. The summed E-state index contributed by atoms with van der Waals surface area (Å²) >= 11 is 0. The number of nitrogens with zero attached hydrogens (tertiary/aromatic N) is 1. The smallest absolute Gasteiger partial charge is 0.332 e. The topological polar surface area (TPSA) is 72.9 Å². The molecule has 2 aromatic rings. The summed E-state index contributed by atoms with van der Waals surface area (Å²) in [5.74, 6) is 1.16. The van der Waals surface area contributed by atoms with E-state index in [4.69, 9.17) is 9.47 Å². The molecule has 8 heteroatoms. The third-order valence-corrected chi connectivity index (χ3v) is 5.68. The molecule has 0 N–H and O–H groups in total. The molecule has 2 aromatic carbocycles. The Labute approximate surface area is 156 Å². The molecule has 1 atom stereocenters. The molecule has 0 spiro atoms. The fourth-order valence-corrected chi connectivity index (χ4v) is 4.01. The Morgan fingerprint density at radius 1 is 1.04 bits per heavy atom. The molecule has 0 unspecified atom stereocenters. The van der Waals surface area contributed by atoms with Crippen molar-refractivity contribution in [1.29, 1.82) is 0 Å². The molecule has 2 heterocycles. The zero-order valence-corrected chi connectivity index (χ0v) is 15.2. The third-order valence-electron chi connectivity index (χ3n) is 4.85. The van der Waals surface area contributed by atoms with Crippen molar-refractivity contribution in [3.05, 3.63) is 53.6 Å². The summed E-state index contributed by atoms with van der Waals surface area (Å²) in [4.78, 5) is 14.2. The van der Waals surface area contributed by atoms with Crippen LogP contribution in [0.25, 0.3) is 0 Å². The van der Waals surface area contributed by atoms with Crippen LogP contribution in [-0.4, -0.2) is 39.0 Å². The van der Waals surface area contributed by atoms with E-state index in [1.54, 1.807) is 4.90 Å². The molecule has 0 saturated carbocycles. The molecule has 0 bridgehead atoms. The number of rotatable bonds is 3. The number of benzene rings is 2. The number of ether oxygens (including phenoxy) is 2. The van der Waals surface area contributed by atoms with E-state index in [9.17, 15) is 17.1 Å². The molecule has 2 aliphatic rings. The van der Waals surface area contributed by atoms with Gasteiger partial charge < -0.3 is 14.4 Å². The molecule has 0 aromatic heterocycles. The summed E-state index contributed by atoms with van der Waals surface area (Å²) in [6.07, 6.45) is 1.68. The zero-order valence-electron chi connectivity index (χ0n) is 14.4. The molecule has 0 aliphatic carbocycles. The molecule has 1 amide bonds. The van der Waals surface area contributed by atoms with E-state index in [0.29, 0.717) is 36.8 Å². The zero-order chi connectivity index (χ0) is 19.0. The minimum absolute atomic E-state index is 0.0992. The first-order valence-electron chi connectivity index (χ1n) is 8.69. The van der Waals surface area contributed by atoms with Crippen LogP contribution in [0, 0.1) is 0 Å². The van der Waals surface area contributed by atoms with Crippen molar-refractivity contribution in [1.82, 2.24) is 4.90 Å². The van der Waals surface area contributed by atoms with Crippen LogP contribution in [-0.2, 0) is 10.2 Å². The average Bonchev–Trinajstić information content (AvgIpc) is 3.16. The molecular formula is C19H18FNO5S. The van der Waals surface area contributed by atoms with Crippen LogP contribution in [0.3, 0.4) is 0 Å². The second-order valence-electron chi connectivity index (χ2n) is 6.52. The van der Waals surface area contributed by atoms with Crippen LogP contribution < -0.4 is 9.47 Å². The van der Waals surface area contributed by atoms with E-state index in [1.165, 1.54) is 12.1 Å². The summed E-state index contributed by atoms with van der Waals surface area (Å²) in [7, 11) is -4.78. The van der Waals surface area contributed by atoms with Crippen molar-refractivity contribution in [3.8, 4) is 11.5 Å². The van der Waals surface area contributed by atoms with Gasteiger partial charge in [-0.05, 0) is 54.8 Å². The standard InChI is InChI=1S/C19H18FNO5S/c20-27(23,24)15-6-3-13(4-7-15)19(22)21-9-1-2-16(21)14-5-8-17-18(12-14)26-11-10-25-17/h3-8,12,16H,1-2,9-11H2/t16-/m0/s1. The number of likely N-dealkylation sites (tertiary alicyclic amines) is 1. The maximum atomic E-state index is 13.0. The Morgan fingerprint density at radius 2 is 1.74 bits per heavy atom. The molecule has 1 saturated heterocycles. The van der Waals surface area contributed by atoms with Crippen molar-refractivity contribution >= 4 is 16.1 Å². The number of carbonyl (C=O) groups excluding carboxylic acids is 1. The van der Waals surface area contributed by atoms with Crippen molar-refractivity contribution in [3.63, 3.8) is 0 Å². The SMILES string of the molecule is O=C(c1ccc(S(=O)(=O)F)cc1)N1CCC[C@H]1c1ccc2c(c1)OCCO2. The Balaban J connectivity index is 1.58. The number of amides is 1. The maximum absolute atomic E-state index is 13.0. The second kappa shape index (κ2) is 6.84. The Morgan fingerprint density at radius 3 is 2.44 bits per heavy atom. The van der Waals surface area contributed by atoms with E-state index in [2.05, 4.69) is 0 Å². The van der Waals surface area contributed by atoms with Gasteiger partial charge in [0.1, 0.15) is 13.2 Å². The lowest BCUT2D eigenvalue weighted by molar-refractivity contribution is 0.0735. The minimum Gasteiger partial charge on any atom is -0.486 e. The van der Waals surface area contributed by atoms with Gasteiger partial charge in [0, 0.05) is 12.1 Å². The van der Waals surface area contributed by atoms with Crippen LogP contribution in [0.15, 0.2) is 47.4 Å². The average molecular weight is 391 g/mol. The first-order chi connectivity index (χ1) is 12.9. The monoisotopic (exact) mass is 391 g/mol. The van der Waals surface area contributed by atoms with Crippen molar-refractivity contribution in [2.75, 3.05) is 19.8 Å². The van der Waals surface area contributed by atoms with E-state index >= 15 is 0 Å². The summed E-state index contributed by atoms with van der Waals surface area (Å²) in [5.41, 5.74) is 1.29. The molecule has 4 rings (SSSR count). The van der Waals surface area contributed by atoms with E-state index in [-0.39, 0.29) is 11.9 Å². The number of halogens is 1. The van der Waals surface area contributed by atoms with Crippen LogP contribution in [0.1, 0.15) is 34.8 Å². The van der Waals surface area contributed by atoms with Gasteiger partial charge in [0.05, 0.1) is 10.9 Å². The van der Waals surface area contributed by atoms with Crippen molar-refractivity contribution in [2.24, 2.45) is 0 Å². The fraction of sp³-hybridized carbons (Fsp3) is 0.316. The third kappa shape index (κ3) is 3.49. The summed E-state index contributed by atoms with van der Waals surface area (Å²) < 4.78 is 46.1. The highest BCUT2D eigenvalue weighted by Crippen LogP contribution is 2.38. The Kier molecular flexibility index (Phi) is 4.51. The first-order valence-corrected chi connectivity index (χ1v) is 10.1. The highest BCUT2D eigenvalue weighted by atomic mass is 32.3. The van der Waals surface area contributed by atoms with Crippen LogP contribution >= 0.6 is 0 Å². The van der Waals surface area contributed by atoms with Crippen LogP contribution in [0.5, 0.6) is 11.5 Å². The Bertz CT molecular complexity index is 974. The molecular weight excluding hydrogens is 373 g/mol. The van der Waals surface area contributed by atoms with E-state index in [0.717, 1.165) is 30.5 Å². The van der Waals surface area contributed by atoms with Crippen LogP contribution in [0.2, 0.25) is 0 Å². The van der Waals surface area contributed by atoms with Gasteiger partial charge in [-0.25, -0.2) is 0 Å². The second-order valence-corrected chi connectivity index (χ2v) is 7.87. The largest absolute Gasteiger partial charge is 0.486 e. The fourth-order valence-electron chi connectivity index (χ4n) is 3.55. The highest BCUT2D eigenvalue weighted by molar-refractivity contribution is 7.86. The molecule has 6 nitrogen and oxygen atoms in total. The normalized spacial score (nSPS) is 19.1. The number of fused-ring (bicyclic) bond motifs is 1. The molecule has 27 heavy (non-hydrogen) atoms. The molecule has 0 radical (unpaired) electrons. The summed E-state index contributed by atoms with van der Waals surface area (Å²) in [6, 6.07) is 10.5. The lowest BCUT2D eigenvalue weighted by atomic mass is 10.0. The van der Waals surface area contributed by atoms with Gasteiger partial charge in [-0.3, -0.25) is 4.79 Å². The quantitative estimate of drug-likeness (QED) is 0.752. The van der Waals surface area contributed by atoms with Crippen LogP contribution in [0.4, 0.5) is 3.89 Å². The number of carbonyl (C=O) groups is 1. The van der Waals surface area contributed by atoms with Gasteiger partial charge in [0.15, 0.2) is 11.5 Å². The minimum atomic E-state index is -4.78. The van der Waals surface area contributed by atoms with E-state index < -0.39 is 15.1 Å². The Hall–Kier alpha value is -2.61. The lowest BCUT2D eigenvalue weighted by Crippen LogP contribution is -2.30. The number of hydrogen-bond acceptors (Lipinski definition) is 5.